The summed E-state index contributed by atoms with van der Waals surface area (Å²) in [6, 6.07) is 11.7. The van der Waals surface area contributed by atoms with E-state index in [0.717, 1.165) is 37.5 Å². The molecule has 10 heteroatoms. The van der Waals surface area contributed by atoms with Crippen molar-refractivity contribution >= 4 is 50.7 Å². The standard InChI is InChI=1S/C28H37Cl2N3O4S/c1-20-14-16-23(17-15-20)33(38(3,36)37)18-8-13-27(34)32(19-24-25(29)11-7-12-26(24)30)21(2)28(35)31-22-9-5-4-6-10-22/h7,11-12,14-17,21-22H,4-6,8-10,13,18-19H2,1-3H3,(H,31,35)/t21-/m1/s1. The Labute approximate surface area is 236 Å². The molecule has 38 heavy (non-hydrogen) atoms. The SMILES string of the molecule is Cc1ccc(N(CCCC(=O)N(Cc2c(Cl)cccc2Cl)[C@H](C)C(=O)NC2CCCCC2)S(C)(=O)=O)cc1. The molecule has 1 atom stereocenters. The molecule has 0 radical (unpaired) electrons. The number of nitrogens with zero attached hydrogens (tertiary/aromatic N) is 2. The number of aryl methyl sites for hydroxylation is 1. The van der Waals surface area contributed by atoms with E-state index in [9.17, 15) is 18.0 Å². The molecule has 1 aliphatic carbocycles. The Morgan fingerprint density at radius 1 is 1.03 bits per heavy atom. The van der Waals surface area contributed by atoms with Gasteiger partial charge in [0, 0.05) is 41.2 Å². The molecule has 1 N–H and O–H groups in total. The summed E-state index contributed by atoms with van der Waals surface area (Å²) in [5, 5.41) is 3.93. The number of nitrogens with one attached hydrogen (secondary N) is 1. The van der Waals surface area contributed by atoms with Crippen molar-refractivity contribution in [1.82, 2.24) is 10.2 Å². The van der Waals surface area contributed by atoms with Crippen LogP contribution in [0.1, 0.15) is 63.0 Å². The van der Waals surface area contributed by atoms with Crippen molar-refractivity contribution in [2.24, 2.45) is 0 Å². The number of amides is 2. The Kier molecular flexibility index (Phi) is 10.9. The van der Waals surface area contributed by atoms with E-state index < -0.39 is 16.1 Å². The van der Waals surface area contributed by atoms with Crippen LogP contribution in [0, 0.1) is 6.92 Å². The fraction of sp³-hybridized carbons (Fsp3) is 0.500. The molecule has 208 valence electrons. The Balaban J connectivity index is 1.75. The summed E-state index contributed by atoms with van der Waals surface area (Å²) < 4.78 is 26.3. The maximum Gasteiger partial charge on any atom is 0.242 e. The van der Waals surface area contributed by atoms with Crippen LogP contribution < -0.4 is 9.62 Å². The predicted molar refractivity (Wildman–Crippen MR) is 154 cm³/mol. The van der Waals surface area contributed by atoms with Crippen molar-refractivity contribution in [3.8, 4) is 0 Å². The van der Waals surface area contributed by atoms with Crippen molar-refractivity contribution in [2.45, 2.75) is 77.4 Å². The van der Waals surface area contributed by atoms with E-state index >= 15 is 0 Å². The van der Waals surface area contributed by atoms with Gasteiger partial charge in [-0.2, -0.15) is 0 Å². The van der Waals surface area contributed by atoms with Crippen molar-refractivity contribution in [3.63, 3.8) is 0 Å². The van der Waals surface area contributed by atoms with Gasteiger partial charge in [-0.1, -0.05) is 66.2 Å². The molecule has 1 saturated carbocycles. The van der Waals surface area contributed by atoms with Gasteiger partial charge in [0.1, 0.15) is 6.04 Å². The second kappa shape index (κ2) is 13.7. The number of hydrogen-bond donors (Lipinski definition) is 1. The molecule has 0 spiro atoms. The molecular weight excluding hydrogens is 545 g/mol. The lowest BCUT2D eigenvalue weighted by molar-refractivity contribution is -0.141. The van der Waals surface area contributed by atoms with Gasteiger partial charge in [-0.05, 0) is 57.4 Å². The first-order valence-electron chi connectivity index (χ1n) is 13.0. The van der Waals surface area contributed by atoms with Gasteiger partial charge in [-0.25, -0.2) is 8.42 Å². The average molecular weight is 583 g/mol. The predicted octanol–water partition coefficient (Wildman–Crippen LogP) is 5.71. The zero-order valence-electron chi connectivity index (χ0n) is 22.3. The van der Waals surface area contributed by atoms with Crippen LogP contribution in [0.3, 0.4) is 0 Å². The summed E-state index contributed by atoms with van der Waals surface area (Å²) in [4.78, 5) is 28.2. The molecule has 3 rings (SSSR count). The smallest absolute Gasteiger partial charge is 0.242 e. The fourth-order valence-corrected chi connectivity index (χ4v) is 6.20. The van der Waals surface area contributed by atoms with E-state index in [-0.39, 0.29) is 43.8 Å². The van der Waals surface area contributed by atoms with E-state index in [4.69, 9.17) is 23.2 Å². The highest BCUT2D eigenvalue weighted by Crippen LogP contribution is 2.27. The van der Waals surface area contributed by atoms with Gasteiger partial charge in [0.05, 0.1) is 11.9 Å². The highest BCUT2D eigenvalue weighted by Gasteiger charge is 2.29. The number of carbonyl (C=O) groups is 2. The van der Waals surface area contributed by atoms with Gasteiger partial charge in [-0.15, -0.1) is 0 Å². The van der Waals surface area contributed by atoms with E-state index in [1.165, 1.54) is 15.6 Å². The van der Waals surface area contributed by atoms with Gasteiger partial charge in [0.25, 0.3) is 0 Å². The lowest BCUT2D eigenvalue weighted by atomic mass is 9.95. The van der Waals surface area contributed by atoms with Gasteiger partial charge in [0.2, 0.25) is 21.8 Å². The third kappa shape index (κ3) is 8.35. The summed E-state index contributed by atoms with van der Waals surface area (Å²) in [6.07, 6.45) is 6.68. The third-order valence-electron chi connectivity index (χ3n) is 6.98. The monoisotopic (exact) mass is 581 g/mol. The normalized spacial score (nSPS) is 15.1. The van der Waals surface area contributed by atoms with Crippen LogP contribution >= 0.6 is 23.2 Å². The van der Waals surface area contributed by atoms with E-state index in [1.54, 1.807) is 37.3 Å². The summed E-state index contributed by atoms with van der Waals surface area (Å²) in [5.74, 6) is -0.490. The average Bonchev–Trinajstić information content (AvgIpc) is 2.86. The maximum absolute atomic E-state index is 13.5. The Bertz CT molecular complexity index is 1190. The molecule has 1 aliphatic rings. The topological polar surface area (TPSA) is 86.8 Å². The minimum Gasteiger partial charge on any atom is -0.352 e. The molecule has 2 aromatic rings. The van der Waals surface area contributed by atoms with Gasteiger partial charge in [-0.3, -0.25) is 13.9 Å². The molecule has 2 amide bonds. The number of carbonyl (C=O) groups excluding carboxylic acids is 2. The summed E-state index contributed by atoms with van der Waals surface area (Å²) in [7, 11) is -3.55. The van der Waals surface area contributed by atoms with Gasteiger partial charge in [0.15, 0.2) is 0 Å². The molecule has 0 bridgehead atoms. The van der Waals surface area contributed by atoms with E-state index in [1.807, 2.05) is 19.1 Å². The van der Waals surface area contributed by atoms with E-state index in [0.29, 0.717) is 21.3 Å². The maximum atomic E-state index is 13.5. The zero-order chi connectivity index (χ0) is 27.9. The van der Waals surface area contributed by atoms with Crippen molar-refractivity contribution < 1.29 is 18.0 Å². The number of halogens is 2. The lowest BCUT2D eigenvalue weighted by Crippen LogP contribution is -2.50. The molecule has 0 unspecified atom stereocenters. The molecule has 2 aromatic carbocycles. The van der Waals surface area contributed by atoms with Crippen LogP contribution in [-0.4, -0.2) is 50.0 Å². The lowest BCUT2D eigenvalue weighted by Gasteiger charge is -2.32. The number of hydrogen-bond acceptors (Lipinski definition) is 4. The van der Waals surface area contributed by atoms with E-state index in [2.05, 4.69) is 5.32 Å². The number of sulfonamides is 1. The first-order chi connectivity index (χ1) is 18.0. The van der Waals surface area contributed by atoms with Crippen molar-refractivity contribution in [1.29, 1.82) is 0 Å². The molecule has 0 saturated heterocycles. The number of rotatable bonds is 11. The van der Waals surface area contributed by atoms with Gasteiger partial charge < -0.3 is 10.2 Å². The van der Waals surface area contributed by atoms with Crippen LogP contribution in [0.2, 0.25) is 10.0 Å². The molecule has 0 aromatic heterocycles. The van der Waals surface area contributed by atoms with Crippen LogP contribution in [-0.2, 0) is 26.2 Å². The summed E-state index contributed by atoms with van der Waals surface area (Å²) in [6.45, 7) is 3.84. The fourth-order valence-electron chi connectivity index (χ4n) is 4.72. The first kappa shape index (κ1) is 30.3. The molecule has 0 heterocycles. The second-order valence-corrected chi connectivity index (χ2v) is 12.7. The van der Waals surface area contributed by atoms with Crippen LogP contribution in [0.4, 0.5) is 5.69 Å². The molecule has 0 aliphatic heterocycles. The number of benzene rings is 2. The molecule has 7 nitrogen and oxygen atoms in total. The highest BCUT2D eigenvalue weighted by atomic mass is 35.5. The minimum atomic E-state index is -3.55. The quantitative estimate of drug-likeness (QED) is 0.368. The van der Waals surface area contributed by atoms with Crippen LogP contribution in [0.15, 0.2) is 42.5 Å². The van der Waals surface area contributed by atoms with Crippen LogP contribution in [0.25, 0.3) is 0 Å². The highest BCUT2D eigenvalue weighted by molar-refractivity contribution is 7.92. The number of anilines is 1. The van der Waals surface area contributed by atoms with Gasteiger partial charge >= 0.3 is 0 Å². The second-order valence-electron chi connectivity index (χ2n) is 10.0. The minimum absolute atomic E-state index is 0.0565. The Morgan fingerprint density at radius 2 is 1.63 bits per heavy atom. The Morgan fingerprint density at radius 3 is 2.21 bits per heavy atom. The van der Waals surface area contributed by atoms with Crippen LogP contribution in [0.5, 0.6) is 0 Å². The zero-order valence-corrected chi connectivity index (χ0v) is 24.6. The summed E-state index contributed by atoms with van der Waals surface area (Å²) in [5.41, 5.74) is 2.14. The largest absolute Gasteiger partial charge is 0.352 e. The Hall–Kier alpha value is -2.29. The molecule has 1 fully saturated rings. The third-order valence-corrected chi connectivity index (χ3v) is 8.89. The first-order valence-corrected chi connectivity index (χ1v) is 15.6. The van der Waals surface area contributed by atoms with Crippen molar-refractivity contribution in [3.05, 3.63) is 63.6 Å². The molecular formula is C28H37Cl2N3O4S. The van der Waals surface area contributed by atoms with Crippen molar-refractivity contribution in [2.75, 3.05) is 17.1 Å². The summed E-state index contributed by atoms with van der Waals surface area (Å²) >= 11 is 12.8.